The number of nitrogens with one attached hydrogen (secondary N) is 1. The van der Waals surface area contributed by atoms with E-state index < -0.39 is 4.92 Å². The molecule has 2 aromatic rings. The van der Waals surface area contributed by atoms with Crippen molar-refractivity contribution in [3.05, 3.63) is 58.3 Å². The Morgan fingerprint density at radius 2 is 2.15 bits per heavy atom. The first kappa shape index (κ1) is 13.5. The largest absolute Gasteiger partial charge is 0.439 e. The van der Waals surface area contributed by atoms with Gasteiger partial charge < -0.3 is 10.1 Å². The van der Waals surface area contributed by atoms with Crippen molar-refractivity contribution in [2.45, 2.75) is 0 Å². The van der Waals surface area contributed by atoms with Gasteiger partial charge in [-0.3, -0.25) is 14.9 Å². The molecule has 0 aliphatic rings. The third-order valence-corrected chi connectivity index (χ3v) is 2.48. The highest BCUT2D eigenvalue weighted by Crippen LogP contribution is 2.22. The van der Waals surface area contributed by atoms with Crippen molar-refractivity contribution in [3.8, 4) is 11.6 Å². The van der Waals surface area contributed by atoms with Crippen LogP contribution in [-0.2, 0) is 0 Å². The fraction of sp³-hybridized carbons (Fsp3) is 0.0769. The molecule has 0 bridgehead atoms. The second-order valence-corrected chi connectivity index (χ2v) is 3.82. The normalized spacial score (nSPS) is 9.85. The number of pyridine rings is 1. The summed E-state index contributed by atoms with van der Waals surface area (Å²) in [4.78, 5) is 25.3. The van der Waals surface area contributed by atoms with Crippen molar-refractivity contribution in [1.82, 2.24) is 10.3 Å². The van der Waals surface area contributed by atoms with Gasteiger partial charge in [-0.25, -0.2) is 4.98 Å². The van der Waals surface area contributed by atoms with Gasteiger partial charge in [-0.05, 0) is 18.2 Å². The molecule has 20 heavy (non-hydrogen) atoms. The molecule has 102 valence electrons. The third kappa shape index (κ3) is 3.08. The number of ether oxygens (including phenoxy) is 1. The second-order valence-electron chi connectivity index (χ2n) is 3.82. The molecule has 1 aromatic carbocycles. The van der Waals surface area contributed by atoms with Gasteiger partial charge in [-0.1, -0.05) is 6.07 Å². The molecule has 1 amide bonds. The van der Waals surface area contributed by atoms with Crippen LogP contribution in [0.15, 0.2) is 42.6 Å². The minimum Gasteiger partial charge on any atom is -0.439 e. The molecule has 0 saturated carbocycles. The number of amides is 1. The van der Waals surface area contributed by atoms with Crippen LogP contribution in [0.3, 0.4) is 0 Å². The smallest absolute Gasteiger partial charge is 0.287 e. The first-order valence-corrected chi connectivity index (χ1v) is 5.70. The molecule has 0 aliphatic heterocycles. The number of hydrogen-bond donors (Lipinski definition) is 1. The molecular formula is C13H11N3O4. The van der Waals surface area contributed by atoms with Gasteiger partial charge >= 0.3 is 0 Å². The summed E-state index contributed by atoms with van der Waals surface area (Å²) >= 11 is 0. The Morgan fingerprint density at radius 1 is 1.35 bits per heavy atom. The number of rotatable bonds is 4. The molecule has 0 atom stereocenters. The van der Waals surface area contributed by atoms with Crippen LogP contribution >= 0.6 is 0 Å². The van der Waals surface area contributed by atoms with Gasteiger partial charge in [-0.2, -0.15) is 0 Å². The summed E-state index contributed by atoms with van der Waals surface area (Å²) in [6, 6.07) is 9.23. The first-order chi connectivity index (χ1) is 9.60. The van der Waals surface area contributed by atoms with E-state index in [-0.39, 0.29) is 17.5 Å². The fourth-order valence-corrected chi connectivity index (χ4v) is 1.51. The van der Waals surface area contributed by atoms with E-state index in [1.807, 2.05) is 0 Å². The molecule has 0 saturated heterocycles. The first-order valence-electron chi connectivity index (χ1n) is 5.70. The summed E-state index contributed by atoms with van der Waals surface area (Å²) in [6.45, 7) is 0. The number of carbonyl (C=O) groups excluding carboxylic acids is 1. The van der Waals surface area contributed by atoms with Crippen molar-refractivity contribution < 1.29 is 14.5 Å². The molecule has 0 radical (unpaired) electrons. The Bertz CT molecular complexity index is 640. The molecule has 0 aliphatic carbocycles. The number of aromatic nitrogens is 1. The number of hydrogen-bond acceptors (Lipinski definition) is 5. The van der Waals surface area contributed by atoms with Crippen LogP contribution in [0.25, 0.3) is 0 Å². The van der Waals surface area contributed by atoms with E-state index in [4.69, 9.17) is 4.74 Å². The molecule has 1 N–H and O–H groups in total. The van der Waals surface area contributed by atoms with Crippen molar-refractivity contribution in [1.29, 1.82) is 0 Å². The number of nitrogens with zero attached hydrogens (tertiary/aromatic N) is 2. The van der Waals surface area contributed by atoms with Crippen molar-refractivity contribution in [2.75, 3.05) is 7.05 Å². The number of nitro groups is 1. The highest BCUT2D eigenvalue weighted by Gasteiger charge is 2.08. The van der Waals surface area contributed by atoms with Crippen LogP contribution in [-0.4, -0.2) is 22.9 Å². The van der Waals surface area contributed by atoms with Crippen LogP contribution in [0.1, 0.15) is 10.4 Å². The maximum absolute atomic E-state index is 11.5. The average Bonchev–Trinajstić information content (AvgIpc) is 2.47. The summed E-state index contributed by atoms with van der Waals surface area (Å²) in [6.07, 6.45) is 1.11. The van der Waals surface area contributed by atoms with Crippen LogP contribution in [0.2, 0.25) is 0 Å². The van der Waals surface area contributed by atoms with Gasteiger partial charge in [0.05, 0.1) is 4.92 Å². The summed E-state index contributed by atoms with van der Waals surface area (Å²) < 4.78 is 5.43. The predicted octanol–water partition coefficient (Wildman–Crippen LogP) is 2.14. The van der Waals surface area contributed by atoms with E-state index in [1.165, 1.54) is 19.2 Å². The van der Waals surface area contributed by atoms with Crippen LogP contribution in [0.4, 0.5) is 5.69 Å². The lowest BCUT2D eigenvalue weighted by Crippen LogP contribution is -2.17. The maximum Gasteiger partial charge on any atom is 0.287 e. The van der Waals surface area contributed by atoms with Crippen LogP contribution in [0.5, 0.6) is 11.6 Å². The second kappa shape index (κ2) is 5.79. The Hall–Kier alpha value is -2.96. The summed E-state index contributed by atoms with van der Waals surface area (Å²) in [5.41, 5.74) is 0.336. The summed E-state index contributed by atoms with van der Waals surface area (Å²) in [5, 5.41) is 13.0. The highest BCUT2D eigenvalue weighted by molar-refractivity contribution is 5.94. The Morgan fingerprint density at radius 3 is 2.75 bits per heavy atom. The van der Waals surface area contributed by atoms with E-state index in [2.05, 4.69) is 10.3 Å². The zero-order valence-electron chi connectivity index (χ0n) is 10.6. The fourth-order valence-electron chi connectivity index (χ4n) is 1.51. The molecular weight excluding hydrogens is 262 g/mol. The quantitative estimate of drug-likeness (QED) is 0.680. The standard InChI is InChI=1S/C13H11N3O4/c1-14-13(17)9-3-2-4-11(7-9)20-12-6-5-10(8-15-12)16(18)19/h2-8H,1H3,(H,14,17). The van der Waals surface area contributed by atoms with Crippen LogP contribution in [0, 0.1) is 10.1 Å². The SMILES string of the molecule is CNC(=O)c1cccc(Oc2ccc([N+](=O)[O-])cn2)c1. The van der Waals surface area contributed by atoms with Crippen molar-refractivity contribution in [3.63, 3.8) is 0 Å². The van der Waals surface area contributed by atoms with E-state index >= 15 is 0 Å². The Balaban J connectivity index is 2.17. The molecule has 0 fully saturated rings. The topological polar surface area (TPSA) is 94.4 Å². The van der Waals surface area contributed by atoms with Gasteiger partial charge in [0, 0.05) is 24.7 Å². The van der Waals surface area contributed by atoms with Gasteiger partial charge in [0.2, 0.25) is 5.88 Å². The van der Waals surface area contributed by atoms with Gasteiger partial charge in [0.25, 0.3) is 11.6 Å². The van der Waals surface area contributed by atoms with Gasteiger partial charge in [-0.15, -0.1) is 0 Å². The monoisotopic (exact) mass is 273 g/mol. The van der Waals surface area contributed by atoms with Crippen molar-refractivity contribution >= 4 is 11.6 Å². The zero-order valence-corrected chi connectivity index (χ0v) is 10.6. The number of benzene rings is 1. The minimum atomic E-state index is -0.539. The molecule has 7 nitrogen and oxygen atoms in total. The van der Waals surface area contributed by atoms with E-state index in [0.29, 0.717) is 11.3 Å². The molecule has 2 rings (SSSR count). The van der Waals surface area contributed by atoms with Crippen molar-refractivity contribution in [2.24, 2.45) is 0 Å². The molecule has 1 aromatic heterocycles. The van der Waals surface area contributed by atoms with Gasteiger partial charge in [0.1, 0.15) is 11.9 Å². The van der Waals surface area contributed by atoms with Crippen LogP contribution < -0.4 is 10.1 Å². The zero-order chi connectivity index (χ0) is 14.5. The highest BCUT2D eigenvalue weighted by atomic mass is 16.6. The number of carbonyl (C=O) groups is 1. The lowest BCUT2D eigenvalue weighted by molar-refractivity contribution is -0.385. The van der Waals surface area contributed by atoms with E-state index in [9.17, 15) is 14.9 Å². The average molecular weight is 273 g/mol. The molecule has 0 spiro atoms. The lowest BCUT2D eigenvalue weighted by atomic mass is 10.2. The lowest BCUT2D eigenvalue weighted by Gasteiger charge is -2.06. The molecule has 1 heterocycles. The maximum atomic E-state index is 11.5. The minimum absolute atomic E-state index is 0.114. The van der Waals surface area contributed by atoms with E-state index in [0.717, 1.165) is 6.20 Å². The predicted molar refractivity (Wildman–Crippen MR) is 70.8 cm³/mol. The summed E-state index contributed by atoms with van der Waals surface area (Å²) in [7, 11) is 1.54. The van der Waals surface area contributed by atoms with E-state index in [1.54, 1.807) is 24.3 Å². The molecule has 7 heteroatoms. The Kier molecular flexibility index (Phi) is 3.90. The van der Waals surface area contributed by atoms with Gasteiger partial charge in [0.15, 0.2) is 0 Å². The Labute approximate surface area is 114 Å². The molecule has 0 unspecified atom stereocenters. The summed E-state index contributed by atoms with van der Waals surface area (Å²) in [5.74, 6) is 0.407. The third-order valence-electron chi connectivity index (χ3n) is 2.48.